The Bertz CT molecular complexity index is 1390. The number of aromatic amines is 1. The second-order valence-corrected chi connectivity index (χ2v) is 11.9. The van der Waals surface area contributed by atoms with E-state index in [-0.39, 0.29) is 42.3 Å². The van der Waals surface area contributed by atoms with Gasteiger partial charge in [0.05, 0.1) is 23.1 Å². The number of fused-ring (bicyclic) bond motifs is 2. The molecule has 3 heterocycles. The third-order valence-corrected chi connectivity index (χ3v) is 8.44. The van der Waals surface area contributed by atoms with E-state index < -0.39 is 12.1 Å². The van der Waals surface area contributed by atoms with Crippen LogP contribution in [0.5, 0.6) is 0 Å². The van der Waals surface area contributed by atoms with Gasteiger partial charge in [-0.05, 0) is 62.8 Å². The van der Waals surface area contributed by atoms with E-state index in [1.165, 1.54) is 5.56 Å². The molecule has 4 atom stereocenters. The summed E-state index contributed by atoms with van der Waals surface area (Å²) in [4.78, 5) is 52.6. The summed E-state index contributed by atoms with van der Waals surface area (Å²) in [7, 11) is 1.71. The lowest BCUT2D eigenvalue weighted by Crippen LogP contribution is -2.60. The molecule has 0 radical (unpaired) electrons. The summed E-state index contributed by atoms with van der Waals surface area (Å²) in [6.07, 6.45) is 3.50. The molecule has 3 N–H and O–H groups in total. The summed E-state index contributed by atoms with van der Waals surface area (Å²) < 4.78 is 0. The quantitative estimate of drug-likeness (QED) is 0.392. The van der Waals surface area contributed by atoms with Gasteiger partial charge in [-0.15, -0.1) is 0 Å². The third kappa shape index (κ3) is 6.30. The van der Waals surface area contributed by atoms with Crippen molar-refractivity contribution < 1.29 is 14.4 Å². The molecule has 0 aliphatic carbocycles. The Hall–Kier alpha value is -3.72. The van der Waals surface area contributed by atoms with Gasteiger partial charge >= 0.3 is 0 Å². The summed E-state index contributed by atoms with van der Waals surface area (Å²) in [5.41, 5.74) is 4.23. The highest BCUT2D eigenvalue weighted by Crippen LogP contribution is 2.39. The minimum atomic E-state index is -0.823. The highest BCUT2D eigenvalue weighted by atomic mass is 16.2. The molecule has 0 unspecified atom stereocenters. The molecule has 218 valence electrons. The zero-order valence-electron chi connectivity index (χ0n) is 24.5. The molecule has 2 saturated heterocycles. The van der Waals surface area contributed by atoms with Crippen LogP contribution < -0.4 is 10.6 Å². The number of hydrogen-bond donors (Lipinski definition) is 3. The number of aromatic nitrogens is 2. The van der Waals surface area contributed by atoms with E-state index >= 15 is 0 Å². The van der Waals surface area contributed by atoms with Crippen LogP contribution in [0.1, 0.15) is 69.4 Å². The molecular weight excluding hydrogens is 516 g/mol. The Balaban J connectivity index is 1.44. The first kappa shape index (κ1) is 28.8. The number of imidazole rings is 1. The van der Waals surface area contributed by atoms with Crippen molar-refractivity contribution in [1.82, 2.24) is 30.4 Å². The predicted molar refractivity (Wildman–Crippen MR) is 159 cm³/mol. The fraction of sp³-hybridized carbons (Fsp3) is 0.500. The van der Waals surface area contributed by atoms with Gasteiger partial charge < -0.3 is 25.4 Å². The number of nitrogens with zero attached hydrogens (tertiary/aromatic N) is 3. The Morgan fingerprint density at radius 1 is 1.05 bits per heavy atom. The van der Waals surface area contributed by atoms with E-state index in [0.29, 0.717) is 19.4 Å². The van der Waals surface area contributed by atoms with Crippen LogP contribution in [0.2, 0.25) is 0 Å². The van der Waals surface area contributed by atoms with Crippen molar-refractivity contribution in [2.45, 2.75) is 77.0 Å². The van der Waals surface area contributed by atoms with Gasteiger partial charge in [0.15, 0.2) is 0 Å². The zero-order chi connectivity index (χ0) is 29.1. The summed E-state index contributed by atoms with van der Waals surface area (Å²) in [5, 5.41) is 5.90. The third-order valence-electron chi connectivity index (χ3n) is 8.44. The number of likely N-dealkylation sites (N-methyl/N-ethyl adjacent to an activating group) is 1. The van der Waals surface area contributed by atoms with E-state index in [9.17, 15) is 14.4 Å². The van der Waals surface area contributed by atoms with Gasteiger partial charge in [0.25, 0.3) is 0 Å². The molecule has 3 aromatic rings. The average molecular weight is 559 g/mol. The summed E-state index contributed by atoms with van der Waals surface area (Å²) >= 11 is 0. The Kier molecular flexibility index (Phi) is 8.73. The maximum Gasteiger partial charge on any atom is 0.247 e. The molecule has 2 aliphatic heterocycles. The van der Waals surface area contributed by atoms with Gasteiger partial charge in [-0.3, -0.25) is 14.4 Å². The predicted octanol–water partition coefficient (Wildman–Crippen LogP) is 3.56. The summed E-state index contributed by atoms with van der Waals surface area (Å²) in [6.45, 7) is 6.52. The first-order chi connectivity index (χ1) is 19.7. The van der Waals surface area contributed by atoms with Crippen molar-refractivity contribution in [3.05, 3.63) is 65.5 Å². The Labute approximate surface area is 242 Å². The number of nitrogens with one attached hydrogen (secondary N) is 3. The molecular formula is C32H42N6O3. The molecule has 9 heteroatoms. The van der Waals surface area contributed by atoms with Gasteiger partial charge in [-0.2, -0.15) is 0 Å². The highest BCUT2D eigenvalue weighted by molar-refractivity contribution is 5.91. The maximum absolute atomic E-state index is 14.2. The smallest absolute Gasteiger partial charge is 0.247 e. The van der Waals surface area contributed by atoms with Crippen molar-refractivity contribution >= 4 is 28.8 Å². The molecule has 5 rings (SSSR count). The van der Waals surface area contributed by atoms with E-state index in [1.807, 2.05) is 49.1 Å². The first-order valence-electron chi connectivity index (χ1n) is 14.8. The summed E-state index contributed by atoms with van der Waals surface area (Å²) in [6, 6.07) is 15.0. The lowest BCUT2D eigenvalue weighted by molar-refractivity contribution is -0.144. The van der Waals surface area contributed by atoms with Gasteiger partial charge in [0.1, 0.15) is 11.9 Å². The van der Waals surface area contributed by atoms with Crippen LogP contribution >= 0.6 is 0 Å². The normalized spacial score (nSPS) is 22.0. The zero-order valence-corrected chi connectivity index (χ0v) is 24.5. The number of amides is 3. The largest absolute Gasteiger partial charge is 0.341 e. The van der Waals surface area contributed by atoms with E-state index in [4.69, 9.17) is 4.98 Å². The molecule has 2 aliphatic rings. The highest BCUT2D eigenvalue weighted by Gasteiger charge is 2.44. The molecule has 2 fully saturated rings. The molecule has 0 bridgehead atoms. The second-order valence-electron chi connectivity index (χ2n) is 11.9. The number of carbonyl (C=O) groups excluding carboxylic acids is 3. The average Bonchev–Trinajstić information content (AvgIpc) is 3.57. The second kappa shape index (κ2) is 12.4. The SMILES string of the molecule is CN[C@@H](C)C(=O)N[C@H]1CN(C(=O)CC(C)C)CC[C@H]2CC[C@@H](c3nc4c(Cc5ccccc5)cccc4[nH]3)N2C1=O. The molecule has 41 heavy (non-hydrogen) atoms. The number of para-hydroxylation sites is 1. The van der Waals surface area contributed by atoms with Gasteiger partial charge in [0.2, 0.25) is 17.7 Å². The molecule has 0 spiro atoms. The van der Waals surface area contributed by atoms with Gasteiger partial charge in [-0.25, -0.2) is 4.98 Å². The van der Waals surface area contributed by atoms with E-state index in [2.05, 4.69) is 33.8 Å². The summed E-state index contributed by atoms with van der Waals surface area (Å²) in [5.74, 6) is 0.608. The van der Waals surface area contributed by atoms with Crippen LogP contribution in [-0.4, -0.2) is 75.8 Å². The van der Waals surface area contributed by atoms with Crippen molar-refractivity contribution in [3.8, 4) is 0 Å². The van der Waals surface area contributed by atoms with Crippen molar-refractivity contribution in [2.24, 2.45) is 5.92 Å². The molecule has 9 nitrogen and oxygen atoms in total. The molecule has 2 aromatic carbocycles. The van der Waals surface area contributed by atoms with E-state index in [1.54, 1.807) is 18.9 Å². The van der Waals surface area contributed by atoms with Crippen molar-refractivity contribution in [2.75, 3.05) is 20.1 Å². The minimum absolute atomic E-state index is 0.0275. The lowest BCUT2D eigenvalue weighted by Gasteiger charge is -2.39. The van der Waals surface area contributed by atoms with Gasteiger partial charge in [0, 0.05) is 25.6 Å². The fourth-order valence-electron chi connectivity index (χ4n) is 6.11. The maximum atomic E-state index is 14.2. The van der Waals surface area contributed by atoms with Crippen LogP contribution in [0, 0.1) is 5.92 Å². The standard InChI is InChI=1S/C32H42N6O3/c1-20(2)17-28(39)37-16-15-24-13-14-27(38(24)32(41)26(19-37)35-31(40)21(3)33-4)30-34-25-12-8-11-23(29(25)36-30)18-22-9-6-5-7-10-22/h5-12,20-21,24,26-27,33H,13-19H2,1-4H3,(H,34,36)(H,35,40)/t21-,24+,26-,27-/m0/s1. The van der Waals surface area contributed by atoms with Crippen LogP contribution in [0.3, 0.4) is 0 Å². The van der Waals surface area contributed by atoms with Crippen LogP contribution in [0.15, 0.2) is 48.5 Å². The van der Waals surface area contributed by atoms with Crippen LogP contribution in [-0.2, 0) is 20.8 Å². The molecule has 3 amide bonds. The Morgan fingerprint density at radius 2 is 1.83 bits per heavy atom. The number of H-pyrrole nitrogens is 1. The first-order valence-corrected chi connectivity index (χ1v) is 14.8. The molecule has 0 saturated carbocycles. The number of rotatable bonds is 8. The van der Waals surface area contributed by atoms with Gasteiger partial charge in [-0.1, -0.05) is 56.3 Å². The monoisotopic (exact) mass is 558 g/mol. The fourth-order valence-corrected chi connectivity index (χ4v) is 6.11. The topological polar surface area (TPSA) is 110 Å². The number of benzene rings is 2. The number of carbonyl (C=O) groups is 3. The van der Waals surface area contributed by atoms with E-state index in [0.717, 1.165) is 41.7 Å². The lowest BCUT2D eigenvalue weighted by atomic mass is 10.0. The van der Waals surface area contributed by atoms with Crippen LogP contribution in [0.4, 0.5) is 0 Å². The van der Waals surface area contributed by atoms with Crippen molar-refractivity contribution in [3.63, 3.8) is 0 Å². The minimum Gasteiger partial charge on any atom is -0.341 e. The molecule has 1 aromatic heterocycles. The van der Waals surface area contributed by atoms with Crippen molar-refractivity contribution in [1.29, 1.82) is 0 Å². The Morgan fingerprint density at radius 3 is 2.56 bits per heavy atom. The number of hydrogen-bond acceptors (Lipinski definition) is 5. The van der Waals surface area contributed by atoms with Crippen LogP contribution in [0.25, 0.3) is 11.0 Å².